The van der Waals surface area contributed by atoms with Gasteiger partial charge in [0.25, 0.3) is 0 Å². The van der Waals surface area contributed by atoms with Crippen LogP contribution < -0.4 is 9.80 Å². The van der Waals surface area contributed by atoms with Gasteiger partial charge in [-0.3, -0.25) is 4.90 Å². The number of halogens is 1. The number of hydrogen-bond donors (Lipinski definition) is 0. The summed E-state index contributed by atoms with van der Waals surface area (Å²) in [5.74, 6) is 0.543. The zero-order valence-corrected chi connectivity index (χ0v) is 20.1. The molecule has 0 spiro atoms. The maximum Gasteiger partial charge on any atom is 0.173 e. The van der Waals surface area contributed by atoms with Crippen LogP contribution in [0.1, 0.15) is 23.0 Å². The number of nitrogens with zero attached hydrogens (tertiary/aromatic N) is 7. The molecule has 3 aromatic carbocycles. The first-order valence-corrected chi connectivity index (χ1v) is 11.9. The Hall–Kier alpha value is -3.78. The van der Waals surface area contributed by atoms with Crippen LogP contribution in [0.2, 0.25) is 0 Å². The van der Waals surface area contributed by atoms with Crippen molar-refractivity contribution in [3.63, 3.8) is 0 Å². The number of hydrogen-bond acceptors (Lipinski definition) is 6. The van der Waals surface area contributed by atoms with Gasteiger partial charge in [-0.2, -0.15) is 0 Å². The van der Waals surface area contributed by atoms with Gasteiger partial charge < -0.3 is 9.80 Å². The minimum absolute atomic E-state index is 0.0837. The van der Waals surface area contributed by atoms with Crippen LogP contribution in [0.15, 0.2) is 78.9 Å². The highest BCUT2D eigenvalue weighted by molar-refractivity contribution is 5.48. The maximum atomic E-state index is 13.4. The van der Waals surface area contributed by atoms with Gasteiger partial charge in [-0.25, -0.2) is 9.07 Å². The molecule has 1 aliphatic heterocycles. The Morgan fingerprint density at radius 3 is 2.20 bits per heavy atom. The van der Waals surface area contributed by atoms with Crippen molar-refractivity contribution in [1.82, 2.24) is 25.1 Å². The first kappa shape index (κ1) is 23.0. The molecule has 1 aromatic heterocycles. The molecule has 0 aliphatic carbocycles. The molecule has 1 aliphatic rings. The molecule has 180 valence electrons. The minimum Gasteiger partial charge on any atom is -0.378 e. The van der Waals surface area contributed by atoms with Crippen LogP contribution in [0.25, 0.3) is 0 Å². The molecule has 1 atom stereocenters. The molecule has 0 bridgehead atoms. The Bertz CT molecular complexity index is 1210. The second-order valence-electron chi connectivity index (χ2n) is 9.07. The van der Waals surface area contributed by atoms with Gasteiger partial charge in [0.2, 0.25) is 0 Å². The zero-order valence-electron chi connectivity index (χ0n) is 20.1. The van der Waals surface area contributed by atoms with E-state index in [9.17, 15) is 4.39 Å². The summed E-state index contributed by atoms with van der Waals surface area (Å²) in [6.07, 6.45) is 0. The molecule has 5 rings (SSSR count). The van der Waals surface area contributed by atoms with Crippen LogP contribution >= 0.6 is 0 Å². The largest absolute Gasteiger partial charge is 0.378 e. The standard InChI is InChI=1S/C27H30FN7/c1-32(2)24-14-10-22(11-15-24)26(34-18-16-33(17-19-34)25-6-4-3-5-7-25)27-29-30-31-35(27)20-21-8-12-23(28)13-9-21/h3-15,26H,16-20H2,1-2H3/t26-/m0/s1. The SMILES string of the molecule is CN(C)c1ccc([C@@H](c2nnnn2Cc2ccc(F)cc2)N2CCN(c3ccccc3)CC2)cc1. The molecular formula is C27H30FN7. The number of aromatic nitrogens is 4. The first-order chi connectivity index (χ1) is 17.1. The van der Waals surface area contributed by atoms with E-state index in [-0.39, 0.29) is 11.9 Å². The van der Waals surface area contributed by atoms with E-state index in [1.54, 1.807) is 12.1 Å². The molecule has 1 fully saturated rings. The average Bonchev–Trinajstić information content (AvgIpc) is 3.34. The second kappa shape index (κ2) is 10.2. The molecule has 0 amide bonds. The van der Waals surface area contributed by atoms with Crippen LogP contribution in [-0.2, 0) is 6.54 Å². The van der Waals surface area contributed by atoms with Gasteiger partial charge in [0.05, 0.1) is 12.6 Å². The van der Waals surface area contributed by atoms with Gasteiger partial charge in [0, 0.05) is 51.6 Å². The van der Waals surface area contributed by atoms with Crippen molar-refractivity contribution >= 4 is 11.4 Å². The lowest BCUT2D eigenvalue weighted by molar-refractivity contribution is 0.201. The zero-order chi connectivity index (χ0) is 24.2. The number of anilines is 2. The number of piperazine rings is 1. The van der Waals surface area contributed by atoms with Gasteiger partial charge in [-0.15, -0.1) is 5.10 Å². The molecule has 0 radical (unpaired) electrons. The second-order valence-corrected chi connectivity index (χ2v) is 9.07. The van der Waals surface area contributed by atoms with E-state index >= 15 is 0 Å². The summed E-state index contributed by atoms with van der Waals surface area (Å²) in [6.45, 7) is 4.11. The van der Waals surface area contributed by atoms with Crippen LogP contribution in [0.4, 0.5) is 15.8 Å². The Kier molecular flexibility index (Phi) is 6.72. The summed E-state index contributed by atoms with van der Waals surface area (Å²) in [7, 11) is 4.08. The molecule has 2 heterocycles. The highest BCUT2D eigenvalue weighted by Gasteiger charge is 2.30. The Balaban J connectivity index is 1.44. The molecular weight excluding hydrogens is 441 g/mol. The topological polar surface area (TPSA) is 53.3 Å². The maximum absolute atomic E-state index is 13.4. The Morgan fingerprint density at radius 2 is 1.54 bits per heavy atom. The molecule has 8 heteroatoms. The van der Waals surface area contributed by atoms with Crippen molar-refractivity contribution in [2.75, 3.05) is 50.1 Å². The van der Waals surface area contributed by atoms with Crippen molar-refractivity contribution in [3.05, 3.63) is 102 Å². The fourth-order valence-electron chi connectivity index (χ4n) is 4.64. The predicted octanol–water partition coefficient (Wildman–Crippen LogP) is 3.84. The summed E-state index contributed by atoms with van der Waals surface area (Å²) >= 11 is 0. The first-order valence-electron chi connectivity index (χ1n) is 11.9. The van der Waals surface area contributed by atoms with Crippen molar-refractivity contribution in [2.24, 2.45) is 0 Å². The van der Waals surface area contributed by atoms with E-state index in [1.165, 1.54) is 17.8 Å². The Morgan fingerprint density at radius 1 is 0.857 bits per heavy atom. The summed E-state index contributed by atoms with van der Waals surface area (Å²) in [5.41, 5.74) is 4.50. The van der Waals surface area contributed by atoms with Crippen molar-refractivity contribution in [2.45, 2.75) is 12.6 Å². The molecule has 1 saturated heterocycles. The number of tetrazole rings is 1. The van der Waals surface area contributed by atoms with E-state index < -0.39 is 0 Å². The third-order valence-corrected chi connectivity index (χ3v) is 6.58. The summed E-state index contributed by atoms with van der Waals surface area (Å²) in [4.78, 5) is 6.97. The third-order valence-electron chi connectivity index (χ3n) is 6.58. The smallest absolute Gasteiger partial charge is 0.173 e. The third kappa shape index (κ3) is 5.17. The summed E-state index contributed by atoms with van der Waals surface area (Å²) in [5, 5.41) is 12.8. The highest BCUT2D eigenvalue weighted by Crippen LogP contribution is 2.30. The van der Waals surface area contributed by atoms with Crippen molar-refractivity contribution in [3.8, 4) is 0 Å². The van der Waals surface area contributed by atoms with Gasteiger partial charge in [0.1, 0.15) is 5.82 Å². The molecule has 0 unspecified atom stereocenters. The lowest BCUT2D eigenvalue weighted by atomic mass is 10.0. The summed E-state index contributed by atoms with van der Waals surface area (Å²) < 4.78 is 15.3. The van der Waals surface area contributed by atoms with Gasteiger partial charge >= 0.3 is 0 Å². The lowest BCUT2D eigenvalue weighted by Gasteiger charge is -2.40. The Labute approximate surface area is 205 Å². The van der Waals surface area contributed by atoms with E-state index in [0.717, 1.165) is 48.8 Å². The molecule has 4 aromatic rings. The molecule has 7 nitrogen and oxygen atoms in total. The normalized spacial score (nSPS) is 15.2. The number of benzene rings is 3. The van der Waals surface area contributed by atoms with Crippen LogP contribution in [0.5, 0.6) is 0 Å². The van der Waals surface area contributed by atoms with Gasteiger partial charge in [-0.1, -0.05) is 42.5 Å². The molecule has 0 N–H and O–H groups in total. The van der Waals surface area contributed by atoms with Crippen LogP contribution in [0, 0.1) is 5.82 Å². The molecule has 0 saturated carbocycles. The van der Waals surface area contributed by atoms with Crippen molar-refractivity contribution < 1.29 is 4.39 Å². The minimum atomic E-state index is -0.249. The molecule has 35 heavy (non-hydrogen) atoms. The average molecular weight is 472 g/mol. The van der Waals surface area contributed by atoms with Crippen LogP contribution in [0.3, 0.4) is 0 Å². The van der Waals surface area contributed by atoms with E-state index in [1.807, 2.05) is 24.8 Å². The van der Waals surface area contributed by atoms with Gasteiger partial charge in [0.15, 0.2) is 5.82 Å². The monoisotopic (exact) mass is 471 g/mol. The highest BCUT2D eigenvalue weighted by atomic mass is 19.1. The number of rotatable bonds is 7. The number of para-hydroxylation sites is 1. The predicted molar refractivity (Wildman–Crippen MR) is 136 cm³/mol. The fraction of sp³-hybridized carbons (Fsp3) is 0.296. The van der Waals surface area contributed by atoms with E-state index in [0.29, 0.717) is 6.54 Å². The van der Waals surface area contributed by atoms with E-state index in [2.05, 4.69) is 78.8 Å². The quantitative estimate of drug-likeness (QED) is 0.408. The van der Waals surface area contributed by atoms with Crippen molar-refractivity contribution in [1.29, 1.82) is 0 Å². The fourth-order valence-corrected chi connectivity index (χ4v) is 4.64. The summed E-state index contributed by atoms with van der Waals surface area (Å²) in [6, 6.07) is 25.6. The van der Waals surface area contributed by atoms with Crippen LogP contribution in [-0.4, -0.2) is 65.4 Å². The lowest BCUT2D eigenvalue weighted by Crippen LogP contribution is -2.48. The van der Waals surface area contributed by atoms with E-state index in [4.69, 9.17) is 0 Å². The van der Waals surface area contributed by atoms with Gasteiger partial charge in [-0.05, 0) is 58.0 Å².